The minimum atomic E-state index is -0.0327. The van der Waals surface area contributed by atoms with E-state index in [-0.39, 0.29) is 17.9 Å². The van der Waals surface area contributed by atoms with E-state index in [0.29, 0.717) is 38.4 Å². The van der Waals surface area contributed by atoms with Gasteiger partial charge in [0.25, 0.3) is 5.91 Å². The quantitative estimate of drug-likeness (QED) is 0.873. The molecule has 26 heavy (non-hydrogen) atoms. The van der Waals surface area contributed by atoms with Gasteiger partial charge in [-0.15, -0.1) is 11.3 Å². The molecule has 1 aromatic heterocycles. The van der Waals surface area contributed by atoms with Crippen molar-refractivity contribution in [1.82, 2.24) is 20.1 Å². The standard InChI is InChI=1S/C19H24N4O2S/c1-14(2)20-17(24)12-22-8-10-23(11-9-22)19(25)16-13-26-18(21-16)15-6-4-3-5-7-15/h3-7,13-14H,8-12H2,1-2H3,(H,20,24). The van der Waals surface area contributed by atoms with E-state index < -0.39 is 0 Å². The second kappa shape index (κ2) is 8.42. The third-order valence-electron chi connectivity index (χ3n) is 4.22. The van der Waals surface area contributed by atoms with Crippen LogP contribution in [0.1, 0.15) is 24.3 Å². The predicted molar refractivity (Wildman–Crippen MR) is 103 cm³/mol. The Balaban J connectivity index is 1.54. The molecule has 0 bridgehead atoms. The lowest BCUT2D eigenvalue weighted by molar-refractivity contribution is -0.123. The number of amides is 2. The highest BCUT2D eigenvalue weighted by molar-refractivity contribution is 7.13. The Morgan fingerprint density at radius 2 is 1.85 bits per heavy atom. The zero-order valence-electron chi connectivity index (χ0n) is 15.1. The van der Waals surface area contributed by atoms with Gasteiger partial charge in [0.1, 0.15) is 10.7 Å². The van der Waals surface area contributed by atoms with Crippen molar-refractivity contribution >= 4 is 23.2 Å². The largest absolute Gasteiger partial charge is 0.353 e. The van der Waals surface area contributed by atoms with Gasteiger partial charge >= 0.3 is 0 Å². The Morgan fingerprint density at radius 3 is 2.50 bits per heavy atom. The first-order chi connectivity index (χ1) is 12.5. The molecule has 138 valence electrons. The average molecular weight is 372 g/mol. The van der Waals surface area contributed by atoms with Crippen molar-refractivity contribution in [1.29, 1.82) is 0 Å². The van der Waals surface area contributed by atoms with Crippen LogP contribution in [0, 0.1) is 0 Å². The number of thiazole rings is 1. The monoisotopic (exact) mass is 372 g/mol. The van der Waals surface area contributed by atoms with Gasteiger partial charge in [0.05, 0.1) is 6.54 Å². The summed E-state index contributed by atoms with van der Waals surface area (Å²) in [4.78, 5) is 33.0. The minimum absolute atomic E-state index is 0.0327. The van der Waals surface area contributed by atoms with Crippen LogP contribution in [0.2, 0.25) is 0 Å². The Kier molecular flexibility index (Phi) is 6.00. The SMILES string of the molecule is CC(C)NC(=O)CN1CCN(C(=O)c2csc(-c3ccccc3)n2)CC1. The minimum Gasteiger partial charge on any atom is -0.353 e. The van der Waals surface area contributed by atoms with Crippen LogP contribution in [0.3, 0.4) is 0 Å². The highest BCUT2D eigenvalue weighted by Gasteiger charge is 2.25. The molecule has 1 aromatic carbocycles. The molecule has 0 atom stereocenters. The lowest BCUT2D eigenvalue weighted by Gasteiger charge is -2.34. The van der Waals surface area contributed by atoms with E-state index in [1.54, 1.807) is 0 Å². The molecule has 0 spiro atoms. The van der Waals surface area contributed by atoms with Crippen LogP contribution in [-0.2, 0) is 4.79 Å². The number of piperazine rings is 1. The van der Waals surface area contributed by atoms with Gasteiger partial charge < -0.3 is 10.2 Å². The highest BCUT2D eigenvalue weighted by Crippen LogP contribution is 2.24. The molecular weight excluding hydrogens is 348 g/mol. The summed E-state index contributed by atoms with van der Waals surface area (Å²) in [5.74, 6) is 0.00138. The average Bonchev–Trinajstić information content (AvgIpc) is 3.12. The molecule has 1 aliphatic heterocycles. The van der Waals surface area contributed by atoms with Gasteiger partial charge in [-0.1, -0.05) is 30.3 Å². The van der Waals surface area contributed by atoms with Gasteiger partial charge in [0.15, 0.2) is 0 Å². The molecule has 0 unspecified atom stereocenters. The number of carbonyl (C=O) groups excluding carboxylic acids is 2. The fourth-order valence-electron chi connectivity index (χ4n) is 2.93. The fraction of sp³-hybridized carbons (Fsp3) is 0.421. The van der Waals surface area contributed by atoms with Crippen LogP contribution in [-0.4, -0.2) is 65.4 Å². The van der Waals surface area contributed by atoms with Gasteiger partial charge in [-0.25, -0.2) is 4.98 Å². The highest BCUT2D eigenvalue weighted by atomic mass is 32.1. The van der Waals surface area contributed by atoms with Crippen molar-refractivity contribution in [3.8, 4) is 10.6 Å². The molecule has 0 radical (unpaired) electrons. The predicted octanol–water partition coefficient (Wildman–Crippen LogP) is 2.09. The molecule has 0 saturated carbocycles. The van der Waals surface area contributed by atoms with E-state index in [1.165, 1.54) is 11.3 Å². The molecule has 1 fully saturated rings. The van der Waals surface area contributed by atoms with E-state index in [2.05, 4.69) is 15.2 Å². The molecule has 6 nitrogen and oxygen atoms in total. The van der Waals surface area contributed by atoms with E-state index in [9.17, 15) is 9.59 Å². The van der Waals surface area contributed by atoms with Crippen molar-refractivity contribution in [2.45, 2.75) is 19.9 Å². The molecule has 2 amide bonds. The normalized spacial score (nSPS) is 15.3. The van der Waals surface area contributed by atoms with E-state index in [0.717, 1.165) is 10.6 Å². The summed E-state index contributed by atoms with van der Waals surface area (Å²) in [5, 5.41) is 5.58. The number of benzene rings is 1. The summed E-state index contributed by atoms with van der Waals surface area (Å²) < 4.78 is 0. The first-order valence-corrected chi connectivity index (χ1v) is 9.73. The van der Waals surface area contributed by atoms with Crippen molar-refractivity contribution in [2.75, 3.05) is 32.7 Å². The summed E-state index contributed by atoms with van der Waals surface area (Å²) >= 11 is 1.49. The Hall–Kier alpha value is -2.25. The van der Waals surface area contributed by atoms with Crippen molar-refractivity contribution in [3.63, 3.8) is 0 Å². The third-order valence-corrected chi connectivity index (χ3v) is 5.11. The van der Waals surface area contributed by atoms with Gasteiger partial charge in [0.2, 0.25) is 5.91 Å². The number of nitrogens with one attached hydrogen (secondary N) is 1. The maximum Gasteiger partial charge on any atom is 0.273 e. The summed E-state index contributed by atoms with van der Waals surface area (Å²) in [6, 6.07) is 10.0. The van der Waals surface area contributed by atoms with Crippen LogP contribution in [0.5, 0.6) is 0 Å². The van der Waals surface area contributed by atoms with Crippen molar-refractivity contribution in [3.05, 3.63) is 41.4 Å². The topological polar surface area (TPSA) is 65.5 Å². The Morgan fingerprint density at radius 1 is 1.15 bits per heavy atom. The molecule has 1 aliphatic rings. The molecule has 1 saturated heterocycles. The second-order valence-corrected chi connectivity index (χ2v) is 7.55. The first kappa shape index (κ1) is 18.5. The lowest BCUT2D eigenvalue weighted by atomic mass is 10.2. The number of aromatic nitrogens is 1. The van der Waals surface area contributed by atoms with E-state index >= 15 is 0 Å². The first-order valence-electron chi connectivity index (χ1n) is 8.85. The zero-order valence-corrected chi connectivity index (χ0v) is 16.0. The van der Waals surface area contributed by atoms with Gasteiger partial charge in [-0.3, -0.25) is 14.5 Å². The smallest absolute Gasteiger partial charge is 0.273 e. The number of hydrogen-bond donors (Lipinski definition) is 1. The van der Waals surface area contributed by atoms with E-state index in [4.69, 9.17) is 0 Å². The summed E-state index contributed by atoms with van der Waals surface area (Å²) in [5.41, 5.74) is 1.53. The van der Waals surface area contributed by atoms with Crippen LogP contribution >= 0.6 is 11.3 Å². The molecule has 2 heterocycles. The molecule has 0 aliphatic carbocycles. The van der Waals surface area contributed by atoms with Crippen LogP contribution < -0.4 is 5.32 Å². The van der Waals surface area contributed by atoms with Gasteiger partial charge in [-0.2, -0.15) is 0 Å². The van der Waals surface area contributed by atoms with Crippen LogP contribution in [0.15, 0.2) is 35.7 Å². The maximum atomic E-state index is 12.7. The third kappa shape index (κ3) is 4.68. The number of hydrogen-bond acceptors (Lipinski definition) is 5. The van der Waals surface area contributed by atoms with Gasteiger partial charge in [-0.05, 0) is 13.8 Å². The summed E-state index contributed by atoms with van der Waals surface area (Å²) in [6.07, 6.45) is 0. The number of carbonyl (C=O) groups is 2. The fourth-order valence-corrected chi connectivity index (χ4v) is 3.73. The molecule has 1 N–H and O–H groups in total. The number of nitrogens with zero attached hydrogens (tertiary/aromatic N) is 3. The van der Waals surface area contributed by atoms with Crippen LogP contribution in [0.25, 0.3) is 10.6 Å². The van der Waals surface area contributed by atoms with Crippen molar-refractivity contribution in [2.24, 2.45) is 0 Å². The maximum absolute atomic E-state index is 12.7. The van der Waals surface area contributed by atoms with Gasteiger partial charge in [0, 0.05) is 43.2 Å². The Bertz CT molecular complexity index is 752. The van der Waals surface area contributed by atoms with E-state index in [1.807, 2.05) is 54.5 Å². The second-order valence-electron chi connectivity index (χ2n) is 6.69. The molecule has 3 rings (SSSR count). The number of rotatable bonds is 5. The van der Waals surface area contributed by atoms with Crippen LogP contribution in [0.4, 0.5) is 0 Å². The summed E-state index contributed by atoms with van der Waals surface area (Å²) in [6.45, 7) is 6.92. The van der Waals surface area contributed by atoms with Crippen molar-refractivity contribution < 1.29 is 9.59 Å². The lowest BCUT2D eigenvalue weighted by Crippen LogP contribution is -2.51. The molecule has 7 heteroatoms. The molecule has 2 aromatic rings. The summed E-state index contributed by atoms with van der Waals surface area (Å²) in [7, 11) is 0. The Labute approximate surface area is 157 Å². The molecular formula is C19H24N4O2S. The zero-order chi connectivity index (χ0) is 18.5.